The smallest absolute Gasteiger partial charge is 0.224 e. The minimum atomic E-state index is 0.178. The van der Waals surface area contributed by atoms with E-state index < -0.39 is 0 Å². The molecule has 0 bridgehead atoms. The molecule has 114 valence electrons. The van der Waals surface area contributed by atoms with E-state index in [0.29, 0.717) is 18.4 Å². The number of ether oxygens (including phenoxy) is 1. The van der Waals surface area contributed by atoms with Gasteiger partial charge < -0.3 is 15.0 Å². The first kappa shape index (κ1) is 14.4. The molecule has 4 nitrogen and oxygen atoms in total. The zero-order valence-corrected chi connectivity index (χ0v) is 13.1. The number of hydrogen-bond donors (Lipinski definition) is 1. The van der Waals surface area contributed by atoms with Gasteiger partial charge in [0.1, 0.15) is 5.75 Å². The molecule has 0 radical (unpaired) electrons. The lowest BCUT2D eigenvalue weighted by atomic mass is 10.0. The van der Waals surface area contributed by atoms with Crippen molar-refractivity contribution in [2.24, 2.45) is 0 Å². The first-order chi connectivity index (χ1) is 10.1. The molecule has 21 heavy (non-hydrogen) atoms. The first-order valence-corrected chi connectivity index (χ1v) is 7.78. The summed E-state index contributed by atoms with van der Waals surface area (Å²) in [5.74, 6) is 1.21. The van der Waals surface area contributed by atoms with Crippen LogP contribution in [0.5, 0.6) is 5.75 Å². The van der Waals surface area contributed by atoms with E-state index in [1.165, 1.54) is 18.4 Å². The molecule has 1 amide bonds. The van der Waals surface area contributed by atoms with Crippen molar-refractivity contribution in [2.45, 2.75) is 51.2 Å². The summed E-state index contributed by atoms with van der Waals surface area (Å²) in [5, 5.41) is 3.60. The van der Waals surface area contributed by atoms with E-state index in [0.717, 1.165) is 17.9 Å². The Morgan fingerprint density at radius 3 is 2.81 bits per heavy atom. The number of benzene rings is 1. The maximum Gasteiger partial charge on any atom is 0.224 e. The average Bonchev–Trinajstić information content (AvgIpc) is 3.23. The molecule has 1 aromatic rings. The van der Waals surface area contributed by atoms with Gasteiger partial charge in [-0.05, 0) is 32.8 Å². The topological polar surface area (TPSA) is 41.6 Å². The van der Waals surface area contributed by atoms with Gasteiger partial charge in [0.2, 0.25) is 5.91 Å². The van der Waals surface area contributed by atoms with Gasteiger partial charge in [0, 0.05) is 36.7 Å². The number of rotatable bonds is 5. The van der Waals surface area contributed by atoms with E-state index in [-0.39, 0.29) is 12.1 Å². The molecule has 1 heterocycles. The Morgan fingerprint density at radius 2 is 2.14 bits per heavy atom. The highest BCUT2D eigenvalue weighted by Gasteiger charge is 2.39. The van der Waals surface area contributed by atoms with Gasteiger partial charge in [-0.2, -0.15) is 0 Å². The Hall–Kier alpha value is -1.55. The summed E-state index contributed by atoms with van der Waals surface area (Å²) in [7, 11) is 1.70. The molecule has 1 saturated heterocycles. The fourth-order valence-corrected chi connectivity index (χ4v) is 3.22. The van der Waals surface area contributed by atoms with Crippen molar-refractivity contribution in [1.82, 2.24) is 10.2 Å². The molecule has 1 N–H and O–H groups in total. The summed E-state index contributed by atoms with van der Waals surface area (Å²) in [5.41, 5.74) is 2.39. The molecule has 2 aliphatic rings. The summed E-state index contributed by atoms with van der Waals surface area (Å²) in [6.07, 6.45) is 2.98. The largest absolute Gasteiger partial charge is 0.496 e. The predicted molar refractivity (Wildman–Crippen MR) is 82.4 cm³/mol. The molecule has 1 aliphatic carbocycles. The van der Waals surface area contributed by atoms with Crippen LogP contribution in [0.3, 0.4) is 0 Å². The molecule has 3 rings (SSSR count). The van der Waals surface area contributed by atoms with Crippen LogP contribution in [-0.4, -0.2) is 36.5 Å². The number of methoxy groups -OCH3 is 1. The van der Waals surface area contributed by atoms with E-state index >= 15 is 0 Å². The van der Waals surface area contributed by atoms with Crippen LogP contribution in [0.1, 0.15) is 43.4 Å². The number of aryl methyl sites for hydroxylation is 1. The van der Waals surface area contributed by atoms with Crippen molar-refractivity contribution in [2.75, 3.05) is 13.7 Å². The molecule has 4 heteroatoms. The van der Waals surface area contributed by atoms with Crippen LogP contribution in [0.15, 0.2) is 18.2 Å². The third kappa shape index (κ3) is 3.05. The molecule has 2 fully saturated rings. The van der Waals surface area contributed by atoms with Gasteiger partial charge in [0.05, 0.1) is 7.11 Å². The molecule has 0 spiro atoms. The Balaban J connectivity index is 1.67. The average molecular weight is 288 g/mol. The van der Waals surface area contributed by atoms with Gasteiger partial charge in [-0.3, -0.25) is 4.79 Å². The number of nitrogens with one attached hydrogen (secondary N) is 1. The summed E-state index contributed by atoms with van der Waals surface area (Å²) in [6, 6.07) is 7.18. The van der Waals surface area contributed by atoms with Crippen LogP contribution in [0.2, 0.25) is 0 Å². The van der Waals surface area contributed by atoms with Crippen LogP contribution in [0.4, 0.5) is 0 Å². The highest BCUT2D eigenvalue weighted by atomic mass is 16.5. The van der Waals surface area contributed by atoms with Crippen molar-refractivity contribution in [3.8, 4) is 5.75 Å². The van der Waals surface area contributed by atoms with Crippen molar-refractivity contribution >= 4 is 5.91 Å². The van der Waals surface area contributed by atoms with Crippen LogP contribution < -0.4 is 10.1 Å². The third-order valence-corrected chi connectivity index (χ3v) is 4.48. The SMILES string of the molecule is COc1ccc(C)cc1C(C)NC1CC(=O)N(C2CC2)C1. The second-order valence-electron chi connectivity index (χ2n) is 6.31. The molecule has 2 unspecified atom stereocenters. The van der Waals surface area contributed by atoms with E-state index in [4.69, 9.17) is 4.74 Å². The molecule has 1 aromatic carbocycles. The van der Waals surface area contributed by atoms with Gasteiger partial charge in [0.25, 0.3) is 0 Å². The van der Waals surface area contributed by atoms with E-state index in [9.17, 15) is 4.79 Å². The highest BCUT2D eigenvalue weighted by Crippen LogP contribution is 2.32. The van der Waals surface area contributed by atoms with Crippen molar-refractivity contribution in [1.29, 1.82) is 0 Å². The van der Waals surface area contributed by atoms with Gasteiger partial charge in [-0.1, -0.05) is 17.7 Å². The van der Waals surface area contributed by atoms with Gasteiger partial charge in [-0.25, -0.2) is 0 Å². The number of nitrogens with zero attached hydrogens (tertiary/aromatic N) is 1. The summed E-state index contributed by atoms with van der Waals surface area (Å²) >= 11 is 0. The molecular weight excluding hydrogens is 264 g/mol. The molecule has 1 saturated carbocycles. The van der Waals surface area contributed by atoms with Crippen LogP contribution in [0.25, 0.3) is 0 Å². The minimum absolute atomic E-state index is 0.178. The number of amides is 1. The summed E-state index contributed by atoms with van der Waals surface area (Å²) in [4.78, 5) is 14.1. The Morgan fingerprint density at radius 1 is 1.38 bits per heavy atom. The van der Waals surface area contributed by atoms with E-state index in [2.05, 4.69) is 36.2 Å². The highest BCUT2D eigenvalue weighted by molar-refractivity contribution is 5.80. The van der Waals surface area contributed by atoms with Crippen LogP contribution in [0, 0.1) is 6.92 Å². The fourth-order valence-electron chi connectivity index (χ4n) is 3.22. The lowest BCUT2D eigenvalue weighted by molar-refractivity contribution is -0.128. The number of likely N-dealkylation sites (tertiary alicyclic amines) is 1. The van der Waals surface area contributed by atoms with Crippen molar-refractivity contribution in [3.63, 3.8) is 0 Å². The normalized spacial score (nSPS) is 23.5. The maximum absolute atomic E-state index is 12.0. The summed E-state index contributed by atoms with van der Waals surface area (Å²) in [6.45, 7) is 5.08. The standard InChI is InChI=1S/C17H24N2O2/c1-11-4-7-16(21-3)15(8-11)12(2)18-13-9-17(20)19(10-13)14-5-6-14/h4,7-8,12-14,18H,5-6,9-10H2,1-3H3. The lowest BCUT2D eigenvalue weighted by Gasteiger charge is -2.22. The van der Waals surface area contributed by atoms with Gasteiger partial charge in [-0.15, -0.1) is 0 Å². The van der Waals surface area contributed by atoms with Crippen LogP contribution >= 0.6 is 0 Å². The Labute approximate surface area is 126 Å². The number of carbonyl (C=O) groups is 1. The van der Waals surface area contributed by atoms with Crippen LogP contribution in [-0.2, 0) is 4.79 Å². The monoisotopic (exact) mass is 288 g/mol. The van der Waals surface area contributed by atoms with E-state index in [1.54, 1.807) is 7.11 Å². The zero-order valence-electron chi connectivity index (χ0n) is 13.1. The zero-order chi connectivity index (χ0) is 15.0. The summed E-state index contributed by atoms with van der Waals surface area (Å²) < 4.78 is 5.46. The van der Waals surface area contributed by atoms with Gasteiger partial charge >= 0.3 is 0 Å². The Bertz CT molecular complexity index is 540. The minimum Gasteiger partial charge on any atom is -0.496 e. The van der Waals surface area contributed by atoms with Crippen molar-refractivity contribution in [3.05, 3.63) is 29.3 Å². The first-order valence-electron chi connectivity index (χ1n) is 7.78. The lowest BCUT2D eigenvalue weighted by Crippen LogP contribution is -2.35. The second-order valence-corrected chi connectivity index (χ2v) is 6.31. The van der Waals surface area contributed by atoms with Gasteiger partial charge in [0.15, 0.2) is 0 Å². The second kappa shape index (κ2) is 5.68. The third-order valence-electron chi connectivity index (χ3n) is 4.48. The predicted octanol–water partition coefficient (Wildman–Crippen LogP) is 2.42. The number of carbonyl (C=O) groups excluding carboxylic acids is 1. The Kier molecular flexibility index (Phi) is 3.89. The molecule has 1 aliphatic heterocycles. The maximum atomic E-state index is 12.0. The van der Waals surface area contributed by atoms with Crippen molar-refractivity contribution < 1.29 is 9.53 Å². The van der Waals surface area contributed by atoms with E-state index in [1.807, 2.05) is 6.07 Å². The molecular formula is C17H24N2O2. The number of hydrogen-bond acceptors (Lipinski definition) is 3. The molecule has 0 aromatic heterocycles. The fraction of sp³-hybridized carbons (Fsp3) is 0.588. The molecule has 2 atom stereocenters. The quantitative estimate of drug-likeness (QED) is 0.904.